The van der Waals surface area contributed by atoms with Gasteiger partial charge >= 0.3 is 0 Å². The first-order valence-electron chi connectivity index (χ1n) is 11.8. The third kappa shape index (κ3) is 5.42. The molecule has 186 valence electrons. The molecule has 38 heavy (non-hydrogen) atoms. The molecule has 1 aromatic heterocycles. The van der Waals surface area contributed by atoms with Crippen LogP contribution in [0.15, 0.2) is 114 Å². The van der Waals surface area contributed by atoms with E-state index >= 15 is 0 Å². The highest BCUT2D eigenvalue weighted by atomic mass is 35.5. The van der Waals surface area contributed by atoms with Gasteiger partial charge in [-0.05, 0) is 82.9 Å². The SMILES string of the molecule is Clc1ccc(-c2cc(-c3ccc(Cl)cc3)c(NSc3nc4ccccc4s3)c(-c3ccc(Cl)cc3)c2)cc1. The first-order chi connectivity index (χ1) is 18.5. The van der Waals surface area contributed by atoms with Crippen LogP contribution in [0.25, 0.3) is 43.6 Å². The number of hydrogen-bond donors (Lipinski definition) is 1. The Bertz CT molecular complexity index is 1630. The Morgan fingerprint density at radius 3 is 1.61 bits per heavy atom. The molecule has 6 aromatic rings. The molecule has 0 radical (unpaired) electrons. The van der Waals surface area contributed by atoms with Crippen molar-refractivity contribution in [1.82, 2.24) is 4.98 Å². The second-order valence-corrected chi connectivity index (χ2v) is 12.0. The second kappa shape index (κ2) is 11.0. The summed E-state index contributed by atoms with van der Waals surface area (Å²) < 4.78 is 5.75. The molecule has 7 heteroatoms. The van der Waals surface area contributed by atoms with Gasteiger partial charge in [0.1, 0.15) is 0 Å². The van der Waals surface area contributed by atoms with Gasteiger partial charge in [-0.15, -0.1) is 11.3 Å². The van der Waals surface area contributed by atoms with Gasteiger partial charge in [-0.1, -0.05) is 83.3 Å². The molecule has 0 unspecified atom stereocenters. The van der Waals surface area contributed by atoms with Crippen molar-refractivity contribution in [2.45, 2.75) is 4.34 Å². The lowest BCUT2D eigenvalue weighted by molar-refractivity contribution is 1.31. The molecule has 2 nitrogen and oxygen atoms in total. The Balaban J connectivity index is 1.53. The van der Waals surface area contributed by atoms with E-state index in [2.05, 4.69) is 22.9 Å². The number of thiazole rings is 1. The maximum Gasteiger partial charge on any atom is 0.171 e. The van der Waals surface area contributed by atoms with Crippen LogP contribution in [0, 0.1) is 0 Å². The van der Waals surface area contributed by atoms with E-state index in [0.717, 1.165) is 53.6 Å². The van der Waals surface area contributed by atoms with Crippen molar-refractivity contribution in [2.24, 2.45) is 0 Å². The van der Waals surface area contributed by atoms with Gasteiger partial charge in [-0.25, -0.2) is 4.98 Å². The highest BCUT2D eigenvalue weighted by molar-refractivity contribution is 8.02. The lowest BCUT2D eigenvalue weighted by Crippen LogP contribution is -1.96. The van der Waals surface area contributed by atoms with Gasteiger partial charge in [0.2, 0.25) is 0 Å². The van der Waals surface area contributed by atoms with Gasteiger partial charge in [0, 0.05) is 38.1 Å². The van der Waals surface area contributed by atoms with E-state index in [9.17, 15) is 0 Å². The second-order valence-electron chi connectivity index (χ2n) is 8.62. The zero-order valence-corrected chi connectivity index (χ0v) is 23.7. The van der Waals surface area contributed by atoms with Gasteiger partial charge in [0.15, 0.2) is 4.34 Å². The standard InChI is InChI=1S/C31H19Cl3N2S2/c32-23-11-5-19(6-12-23)22-17-26(20-7-13-24(33)14-8-20)30(27(18-22)21-9-15-25(34)16-10-21)36-38-31-35-28-3-1-2-4-29(28)37-31/h1-18,36H. The monoisotopic (exact) mass is 588 g/mol. The van der Waals surface area contributed by atoms with Crippen molar-refractivity contribution in [3.63, 3.8) is 0 Å². The van der Waals surface area contributed by atoms with Crippen molar-refractivity contribution in [3.05, 3.63) is 124 Å². The lowest BCUT2D eigenvalue weighted by Gasteiger charge is -2.19. The van der Waals surface area contributed by atoms with E-state index in [1.54, 1.807) is 11.3 Å². The normalized spacial score (nSPS) is 11.1. The predicted octanol–water partition coefficient (Wildman–Crippen LogP) is 11.4. The summed E-state index contributed by atoms with van der Waals surface area (Å²) >= 11 is 21.9. The van der Waals surface area contributed by atoms with Crippen LogP contribution in [0.1, 0.15) is 0 Å². The number of halogens is 3. The molecule has 0 bridgehead atoms. The largest absolute Gasteiger partial charge is 0.323 e. The molecule has 0 amide bonds. The number of nitrogens with one attached hydrogen (secondary N) is 1. The number of fused-ring (bicyclic) bond motifs is 1. The summed E-state index contributed by atoms with van der Waals surface area (Å²) in [5.74, 6) is 0. The van der Waals surface area contributed by atoms with Gasteiger partial charge in [0.25, 0.3) is 0 Å². The van der Waals surface area contributed by atoms with Crippen LogP contribution in [-0.2, 0) is 0 Å². The Kier molecular flexibility index (Phi) is 7.33. The molecule has 0 fully saturated rings. The molecule has 5 aromatic carbocycles. The average molecular weight is 590 g/mol. The van der Waals surface area contributed by atoms with Crippen molar-refractivity contribution >= 4 is 74.0 Å². The molecule has 6 rings (SSSR count). The zero-order valence-electron chi connectivity index (χ0n) is 19.8. The first-order valence-corrected chi connectivity index (χ1v) is 14.5. The van der Waals surface area contributed by atoms with Crippen LogP contribution in [0.5, 0.6) is 0 Å². The molecule has 0 spiro atoms. The number of anilines is 1. The van der Waals surface area contributed by atoms with Gasteiger partial charge in [-0.2, -0.15) is 0 Å². The minimum atomic E-state index is 0.693. The topological polar surface area (TPSA) is 24.9 Å². The fourth-order valence-corrected chi connectivity index (χ4v) is 6.45. The molecule has 0 aliphatic carbocycles. The molecule has 1 N–H and O–H groups in total. The Hall–Kier alpha value is -2.99. The zero-order chi connectivity index (χ0) is 26.1. The van der Waals surface area contributed by atoms with Crippen LogP contribution < -0.4 is 4.72 Å². The van der Waals surface area contributed by atoms with E-state index in [-0.39, 0.29) is 0 Å². The first kappa shape index (κ1) is 25.3. The van der Waals surface area contributed by atoms with Crippen LogP contribution in [0.2, 0.25) is 15.1 Å². The molecular formula is C31H19Cl3N2S2. The van der Waals surface area contributed by atoms with E-state index < -0.39 is 0 Å². The number of benzene rings is 5. The number of para-hydroxylation sites is 1. The number of rotatable bonds is 6. The van der Waals surface area contributed by atoms with Crippen LogP contribution in [0.3, 0.4) is 0 Å². The third-order valence-corrected chi connectivity index (χ3v) is 8.80. The van der Waals surface area contributed by atoms with Crippen LogP contribution in [0.4, 0.5) is 5.69 Å². The van der Waals surface area contributed by atoms with Crippen molar-refractivity contribution in [3.8, 4) is 33.4 Å². The van der Waals surface area contributed by atoms with E-state index in [4.69, 9.17) is 39.8 Å². The van der Waals surface area contributed by atoms with E-state index in [0.29, 0.717) is 15.1 Å². The average Bonchev–Trinajstić information content (AvgIpc) is 3.36. The third-order valence-electron chi connectivity index (χ3n) is 6.14. The summed E-state index contributed by atoms with van der Waals surface area (Å²) in [6.45, 7) is 0. The molecule has 0 aliphatic heterocycles. The fourth-order valence-electron chi connectivity index (χ4n) is 4.26. The minimum Gasteiger partial charge on any atom is -0.323 e. The lowest BCUT2D eigenvalue weighted by atomic mass is 9.91. The summed E-state index contributed by atoms with van der Waals surface area (Å²) in [5.41, 5.74) is 8.32. The number of nitrogens with zero attached hydrogens (tertiary/aromatic N) is 1. The van der Waals surface area contributed by atoms with Crippen molar-refractivity contribution < 1.29 is 0 Å². The maximum absolute atomic E-state index is 6.25. The highest BCUT2D eigenvalue weighted by Gasteiger charge is 2.17. The Morgan fingerprint density at radius 1 is 0.579 bits per heavy atom. The van der Waals surface area contributed by atoms with Gasteiger partial charge in [0.05, 0.1) is 15.9 Å². The van der Waals surface area contributed by atoms with E-state index in [1.165, 1.54) is 11.9 Å². The van der Waals surface area contributed by atoms with Crippen LogP contribution in [-0.4, -0.2) is 4.98 Å². The molecule has 0 saturated carbocycles. The van der Waals surface area contributed by atoms with E-state index in [1.807, 2.05) is 91.0 Å². The molecule has 0 atom stereocenters. The summed E-state index contributed by atoms with van der Waals surface area (Å²) in [7, 11) is 0. The Labute approximate surface area is 244 Å². The summed E-state index contributed by atoms with van der Waals surface area (Å²) in [6, 6.07) is 36.3. The van der Waals surface area contributed by atoms with Crippen molar-refractivity contribution in [1.29, 1.82) is 0 Å². The molecular weight excluding hydrogens is 571 g/mol. The Morgan fingerprint density at radius 2 is 1.08 bits per heavy atom. The summed E-state index contributed by atoms with van der Waals surface area (Å²) in [5, 5.41) is 2.09. The number of hydrogen-bond acceptors (Lipinski definition) is 4. The maximum atomic E-state index is 6.25. The predicted molar refractivity (Wildman–Crippen MR) is 167 cm³/mol. The fraction of sp³-hybridized carbons (Fsp3) is 0. The van der Waals surface area contributed by atoms with Crippen LogP contribution >= 0.6 is 58.1 Å². The highest BCUT2D eigenvalue weighted by Crippen LogP contribution is 2.44. The quantitative estimate of drug-likeness (QED) is 0.196. The van der Waals surface area contributed by atoms with Gasteiger partial charge in [-0.3, -0.25) is 0 Å². The van der Waals surface area contributed by atoms with Crippen molar-refractivity contribution in [2.75, 3.05) is 4.72 Å². The molecule has 0 saturated heterocycles. The summed E-state index contributed by atoms with van der Waals surface area (Å²) in [6.07, 6.45) is 0. The molecule has 0 aliphatic rings. The number of aromatic nitrogens is 1. The minimum absolute atomic E-state index is 0.693. The van der Waals surface area contributed by atoms with Gasteiger partial charge < -0.3 is 4.72 Å². The summed E-state index contributed by atoms with van der Waals surface area (Å²) in [4.78, 5) is 4.80. The molecule has 1 heterocycles. The smallest absolute Gasteiger partial charge is 0.171 e.